The maximum Gasteiger partial charge on any atom is 0.263 e. The molecule has 2 N–H and O–H groups in total. The van der Waals surface area contributed by atoms with Gasteiger partial charge in [-0.25, -0.2) is 8.51 Å². The Kier molecular flexibility index (Phi) is 7.05. The fraction of sp³-hybridized carbons (Fsp3) is 0.0435. The SMILES string of the molecule is O=C(Nc1ccc(-n2ccccc2=O)cc1)C(c1ccccc1)N(c1ccc(Cl)s1)S(=O)O. The van der Waals surface area contributed by atoms with E-state index in [2.05, 4.69) is 5.32 Å². The van der Waals surface area contributed by atoms with Crippen LogP contribution in [0.2, 0.25) is 4.34 Å². The van der Waals surface area contributed by atoms with E-state index in [9.17, 15) is 18.4 Å². The molecule has 0 saturated carbocycles. The van der Waals surface area contributed by atoms with Gasteiger partial charge in [-0.2, -0.15) is 0 Å². The maximum absolute atomic E-state index is 13.4. The van der Waals surface area contributed by atoms with Gasteiger partial charge in [-0.3, -0.25) is 18.7 Å². The van der Waals surface area contributed by atoms with Gasteiger partial charge in [-0.05, 0) is 48.0 Å². The normalized spacial score (nSPS) is 12.7. The monoisotopic (exact) mass is 499 g/mol. The number of carbonyl (C=O) groups is 1. The maximum atomic E-state index is 13.4. The highest BCUT2D eigenvalue weighted by Crippen LogP contribution is 2.36. The average molecular weight is 500 g/mol. The van der Waals surface area contributed by atoms with E-state index >= 15 is 0 Å². The third-order valence-corrected chi connectivity index (χ3v) is 6.87. The molecule has 168 valence electrons. The van der Waals surface area contributed by atoms with Crippen LogP contribution in [0.3, 0.4) is 0 Å². The molecule has 0 aliphatic heterocycles. The minimum absolute atomic E-state index is 0.172. The molecule has 0 bridgehead atoms. The van der Waals surface area contributed by atoms with E-state index in [1.807, 2.05) is 0 Å². The van der Waals surface area contributed by atoms with Gasteiger partial charge < -0.3 is 5.32 Å². The molecular formula is C23H18ClN3O4S2. The molecule has 0 aliphatic rings. The van der Waals surface area contributed by atoms with Crippen molar-refractivity contribution in [2.45, 2.75) is 6.04 Å². The van der Waals surface area contributed by atoms with Crippen molar-refractivity contribution >= 4 is 50.8 Å². The summed E-state index contributed by atoms with van der Waals surface area (Å²) in [6, 6.07) is 22.4. The lowest BCUT2D eigenvalue weighted by Gasteiger charge is -2.28. The number of halogens is 1. The van der Waals surface area contributed by atoms with Gasteiger partial charge in [0.2, 0.25) is 0 Å². The molecule has 0 radical (unpaired) electrons. The predicted octanol–water partition coefficient (Wildman–Crippen LogP) is 4.88. The smallest absolute Gasteiger partial charge is 0.263 e. The summed E-state index contributed by atoms with van der Waals surface area (Å²) in [6.07, 6.45) is 1.65. The second kappa shape index (κ2) is 10.1. The number of anilines is 2. The van der Waals surface area contributed by atoms with Crippen LogP contribution < -0.4 is 15.2 Å². The van der Waals surface area contributed by atoms with Crippen LogP contribution in [0.25, 0.3) is 5.69 Å². The molecule has 1 amide bonds. The molecule has 2 heterocycles. The second-order valence-corrected chi connectivity index (χ2v) is 9.44. The van der Waals surface area contributed by atoms with Crippen molar-refractivity contribution in [1.29, 1.82) is 0 Å². The summed E-state index contributed by atoms with van der Waals surface area (Å²) in [7, 11) is 0. The highest BCUT2D eigenvalue weighted by atomic mass is 35.5. The van der Waals surface area contributed by atoms with Gasteiger partial charge in [0.25, 0.3) is 22.7 Å². The largest absolute Gasteiger partial charge is 0.324 e. The van der Waals surface area contributed by atoms with Crippen LogP contribution >= 0.6 is 22.9 Å². The minimum atomic E-state index is -2.50. The molecular weight excluding hydrogens is 482 g/mol. The zero-order valence-corrected chi connectivity index (χ0v) is 19.4. The van der Waals surface area contributed by atoms with Crippen molar-refractivity contribution in [3.05, 3.63) is 111 Å². The minimum Gasteiger partial charge on any atom is -0.324 e. The third-order valence-electron chi connectivity index (χ3n) is 4.78. The third kappa shape index (κ3) is 5.23. The van der Waals surface area contributed by atoms with Gasteiger partial charge in [0, 0.05) is 23.6 Å². The first-order valence-electron chi connectivity index (χ1n) is 9.73. The molecule has 33 heavy (non-hydrogen) atoms. The Hall–Kier alpha value is -3.24. The average Bonchev–Trinajstić information content (AvgIpc) is 3.24. The Morgan fingerprint density at radius 2 is 1.70 bits per heavy atom. The number of nitrogens with one attached hydrogen (secondary N) is 1. The number of carbonyl (C=O) groups excluding carboxylic acids is 1. The highest BCUT2D eigenvalue weighted by molar-refractivity contribution is 7.81. The molecule has 7 nitrogen and oxygen atoms in total. The number of nitrogens with zero attached hydrogens (tertiary/aromatic N) is 2. The number of aromatic nitrogens is 1. The number of benzene rings is 2. The molecule has 0 spiro atoms. The molecule has 2 aromatic heterocycles. The lowest BCUT2D eigenvalue weighted by atomic mass is 10.1. The van der Waals surface area contributed by atoms with Gasteiger partial charge in [-0.1, -0.05) is 48.0 Å². The van der Waals surface area contributed by atoms with Gasteiger partial charge in [0.05, 0.1) is 4.34 Å². The molecule has 4 aromatic rings. The zero-order chi connectivity index (χ0) is 23.4. The summed E-state index contributed by atoms with van der Waals surface area (Å²) in [5.74, 6) is -0.502. The first-order chi connectivity index (χ1) is 15.9. The number of amides is 1. The summed E-state index contributed by atoms with van der Waals surface area (Å²) >= 11 is 4.63. The lowest BCUT2D eigenvalue weighted by Crippen LogP contribution is -2.38. The molecule has 2 unspecified atom stereocenters. The number of hydrogen-bond donors (Lipinski definition) is 2. The van der Waals surface area contributed by atoms with Crippen LogP contribution in [0.1, 0.15) is 11.6 Å². The van der Waals surface area contributed by atoms with Crippen LogP contribution in [0.4, 0.5) is 10.7 Å². The molecule has 10 heteroatoms. The molecule has 2 atom stereocenters. The predicted molar refractivity (Wildman–Crippen MR) is 132 cm³/mol. The van der Waals surface area contributed by atoms with Crippen LogP contribution in [0.15, 0.2) is 95.9 Å². The first kappa shape index (κ1) is 22.9. The Morgan fingerprint density at radius 3 is 2.30 bits per heavy atom. The van der Waals surface area contributed by atoms with Crippen molar-refractivity contribution < 1.29 is 13.6 Å². The van der Waals surface area contributed by atoms with Gasteiger partial charge in [0.15, 0.2) is 0 Å². The van der Waals surface area contributed by atoms with Gasteiger partial charge >= 0.3 is 0 Å². The lowest BCUT2D eigenvalue weighted by molar-refractivity contribution is -0.117. The Balaban J connectivity index is 1.65. The summed E-state index contributed by atoms with van der Waals surface area (Å²) in [6.45, 7) is 0. The van der Waals surface area contributed by atoms with Crippen LogP contribution in [0, 0.1) is 0 Å². The number of rotatable bonds is 7. The zero-order valence-electron chi connectivity index (χ0n) is 17.0. The molecule has 0 saturated heterocycles. The first-order valence-corrected chi connectivity index (χ1v) is 12.0. The summed E-state index contributed by atoms with van der Waals surface area (Å²) in [4.78, 5) is 25.4. The molecule has 0 fully saturated rings. The van der Waals surface area contributed by atoms with Crippen LogP contribution in [-0.4, -0.2) is 19.2 Å². The van der Waals surface area contributed by atoms with E-state index in [4.69, 9.17) is 11.6 Å². The van der Waals surface area contributed by atoms with Crippen molar-refractivity contribution in [2.24, 2.45) is 0 Å². The summed E-state index contributed by atoms with van der Waals surface area (Å²) in [5, 5.41) is 3.18. The van der Waals surface area contributed by atoms with E-state index in [0.29, 0.717) is 26.3 Å². The van der Waals surface area contributed by atoms with E-state index in [1.165, 1.54) is 10.6 Å². The standard InChI is InChI=1S/C23H18ClN3O4S2/c24-19-13-14-21(32-19)27(33(30)31)22(16-6-2-1-3-7-16)23(29)25-17-9-11-18(12-10-17)26-15-5-4-8-20(26)28/h1-15,22H,(H,25,29)(H,30,31). The van der Waals surface area contributed by atoms with Crippen molar-refractivity contribution in [2.75, 3.05) is 9.62 Å². The van der Waals surface area contributed by atoms with Gasteiger partial charge in [-0.15, -0.1) is 11.3 Å². The number of hydrogen-bond acceptors (Lipinski definition) is 4. The second-order valence-electron chi connectivity index (χ2n) is 6.89. The topological polar surface area (TPSA) is 91.6 Å². The van der Waals surface area contributed by atoms with E-state index in [-0.39, 0.29) is 5.56 Å². The molecule has 0 aliphatic carbocycles. The quantitative estimate of drug-likeness (QED) is 0.355. The Bertz CT molecular complexity index is 1340. The van der Waals surface area contributed by atoms with Crippen molar-refractivity contribution in [1.82, 2.24) is 4.57 Å². The summed E-state index contributed by atoms with van der Waals surface area (Å²) < 4.78 is 25.4. The Morgan fingerprint density at radius 1 is 1.00 bits per heavy atom. The van der Waals surface area contributed by atoms with Crippen molar-refractivity contribution in [3.63, 3.8) is 0 Å². The fourth-order valence-corrected chi connectivity index (χ4v) is 5.19. The Labute approximate surface area is 201 Å². The van der Waals surface area contributed by atoms with Gasteiger partial charge in [0.1, 0.15) is 11.0 Å². The van der Waals surface area contributed by atoms with Crippen LogP contribution in [-0.2, 0) is 16.1 Å². The number of thiophene rings is 1. The molecule has 4 rings (SSSR count). The van der Waals surface area contributed by atoms with E-state index < -0.39 is 23.2 Å². The summed E-state index contributed by atoms with van der Waals surface area (Å²) in [5.41, 5.74) is 1.48. The number of pyridine rings is 1. The van der Waals surface area contributed by atoms with Crippen molar-refractivity contribution in [3.8, 4) is 5.69 Å². The molecule has 2 aromatic carbocycles. The highest BCUT2D eigenvalue weighted by Gasteiger charge is 2.33. The fourth-order valence-electron chi connectivity index (χ4n) is 3.30. The van der Waals surface area contributed by atoms with Crippen LogP contribution in [0.5, 0.6) is 0 Å². The van der Waals surface area contributed by atoms with E-state index in [0.717, 1.165) is 15.6 Å². The van der Waals surface area contributed by atoms with E-state index in [1.54, 1.807) is 85.1 Å².